The third kappa shape index (κ3) is 6.29. The lowest BCUT2D eigenvalue weighted by molar-refractivity contribution is -0.141. The van der Waals surface area contributed by atoms with E-state index >= 15 is 0 Å². The molecule has 208 valence electrons. The summed E-state index contributed by atoms with van der Waals surface area (Å²) >= 11 is 0. The first-order chi connectivity index (χ1) is 18.3. The number of carbonyl (C=O) groups is 3. The molecule has 3 amide bonds. The highest BCUT2D eigenvalue weighted by atomic mass is 19.1. The van der Waals surface area contributed by atoms with Crippen LogP contribution in [0.4, 0.5) is 15.8 Å². The van der Waals surface area contributed by atoms with E-state index in [1.165, 1.54) is 12.5 Å². The van der Waals surface area contributed by atoms with E-state index in [4.69, 9.17) is 0 Å². The van der Waals surface area contributed by atoms with Crippen molar-refractivity contribution >= 4 is 29.1 Å². The van der Waals surface area contributed by atoms with Gasteiger partial charge in [0.05, 0.1) is 11.3 Å². The van der Waals surface area contributed by atoms with Crippen LogP contribution in [-0.2, 0) is 14.4 Å². The molecule has 9 nitrogen and oxygen atoms in total. The fourth-order valence-electron chi connectivity index (χ4n) is 6.36. The molecule has 0 bridgehead atoms. The summed E-state index contributed by atoms with van der Waals surface area (Å²) in [5.74, 6) is -0.572. The Labute approximate surface area is 223 Å². The molecule has 3 saturated heterocycles. The minimum absolute atomic E-state index is 0.172. The fraction of sp³-hybridized carbons (Fsp3) is 0.679. The first kappa shape index (κ1) is 26.9. The lowest BCUT2D eigenvalue weighted by Crippen LogP contribution is -2.56. The number of likely N-dealkylation sites (tertiary alicyclic amines) is 1. The summed E-state index contributed by atoms with van der Waals surface area (Å²) in [7, 11) is 0. The standard InChI is InChI=1S/C28H40FN5O4/c29-22-18-21(30-23-7-9-25(35)31-26(23)36)6-8-24(22)33-16-14-32(15-17-33)19-28(38)10-12-34(13-11-28)27(37)20-4-2-1-3-5-20/h6,8,18,20,23,30,38H,1-5,7,9-17,19H2,(H,31,35,36). The highest BCUT2D eigenvalue weighted by molar-refractivity contribution is 6.01. The van der Waals surface area contributed by atoms with Gasteiger partial charge in [0.2, 0.25) is 17.7 Å². The Morgan fingerprint density at radius 1 is 1.03 bits per heavy atom. The van der Waals surface area contributed by atoms with Gasteiger partial charge in [-0.1, -0.05) is 19.3 Å². The van der Waals surface area contributed by atoms with Crippen LogP contribution in [0.1, 0.15) is 57.8 Å². The van der Waals surface area contributed by atoms with Crippen molar-refractivity contribution < 1.29 is 23.9 Å². The van der Waals surface area contributed by atoms with Crippen molar-refractivity contribution in [2.24, 2.45) is 5.92 Å². The topological polar surface area (TPSA) is 105 Å². The molecule has 1 unspecified atom stereocenters. The van der Waals surface area contributed by atoms with Gasteiger partial charge in [0, 0.05) is 63.8 Å². The lowest BCUT2D eigenvalue weighted by Gasteiger charge is -2.44. The van der Waals surface area contributed by atoms with Gasteiger partial charge < -0.3 is 20.2 Å². The van der Waals surface area contributed by atoms with E-state index in [0.717, 1.165) is 38.8 Å². The van der Waals surface area contributed by atoms with Crippen LogP contribution in [0, 0.1) is 11.7 Å². The van der Waals surface area contributed by atoms with Gasteiger partial charge in [-0.2, -0.15) is 0 Å². The molecule has 5 rings (SSSR count). The fourth-order valence-corrected chi connectivity index (χ4v) is 6.36. The second-order valence-corrected chi connectivity index (χ2v) is 11.5. The molecular weight excluding hydrogens is 489 g/mol. The minimum Gasteiger partial charge on any atom is -0.388 e. The maximum atomic E-state index is 15.0. The first-order valence-electron chi connectivity index (χ1n) is 14.2. The zero-order valence-electron chi connectivity index (χ0n) is 22.1. The van der Waals surface area contributed by atoms with E-state index in [-0.39, 0.29) is 35.9 Å². The molecule has 0 spiro atoms. The first-order valence-corrected chi connectivity index (χ1v) is 14.2. The molecule has 4 fully saturated rings. The third-order valence-electron chi connectivity index (χ3n) is 8.72. The van der Waals surface area contributed by atoms with Crippen molar-refractivity contribution in [1.82, 2.24) is 15.1 Å². The van der Waals surface area contributed by atoms with Crippen LogP contribution in [0.3, 0.4) is 0 Å². The zero-order chi connectivity index (χ0) is 26.7. The molecule has 0 aromatic heterocycles. The minimum atomic E-state index is -0.792. The van der Waals surface area contributed by atoms with Gasteiger partial charge in [-0.05, 0) is 50.3 Å². The molecule has 1 aliphatic carbocycles. The number of piperazine rings is 1. The summed E-state index contributed by atoms with van der Waals surface area (Å²) in [4.78, 5) is 42.4. The Morgan fingerprint density at radius 2 is 1.74 bits per heavy atom. The van der Waals surface area contributed by atoms with Crippen LogP contribution in [0.25, 0.3) is 0 Å². The van der Waals surface area contributed by atoms with Gasteiger partial charge in [-0.25, -0.2) is 4.39 Å². The maximum Gasteiger partial charge on any atom is 0.249 e. The third-order valence-corrected chi connectivity index (χ3v) is 8.72. The second-order valence-electron chi connectivity index (χ2n) is 11.5. The molecule has 1 saturated carbocycles. The Morgan fingerprint density at radius 3 is 2.39 bits per heavy atom. The van der Waals surface area contributed by atoms with Crippen molar-refractivity contribution in [3.8, 4) is 0 Å². The maximum absolute atomic E-state index is 15.0. The highest BCUT2D eigenvalue weighted by Crippen LogP contribution is 2.30. The summed E-state index contributed by atoms with van der Waals surface area (Å²) in [6, 6.07) is 4.34. The van der Waals surface area contributed by atoms with E-state index in [0.29, 0.717) is 63.4 Å². The summed E-state index contributed by atoms with van der Waals surface area (Å²) in [5.41, 5.74) is 0.238. The summed E-state index contributed by atoms with van der Waals surface area (Å²) in [6.07, 6.45) is 7.38. The molecule has 4 aliphatic rings. The number of imide groups is 1. The SMILES string of the molecule is O=C1CCC(Nc2ccc(N3CCN(CC4(O)CCN(C(=O)C5CCCCC5)CC4)CC3)c(F)c2)C(=O)N1. The molecule has 1 aromatic carbocycles. The van der Waals surface area contributed by atoms with Gasteiger partial charge in [0.25, 0.3) is 0 Å². The van der Waals surface area contributed by atoms with Gasteiger partial charge in [0.1, 0.15) is 11.9 Å². The number of rotatable bonds is 6. The van der Waals surface area contributed by atoms with E-state index in [1.54, 1.807) is 12.1 Å². The number of halogens is 1. The van der Waals surface area contributed by atoms with Crippen molar-refractivity contribution in [3.63, 3.8) is 0 Å². The molecule has 1 aromatic rings. The quantitative estimate of drug-likeness (QED) is 0.485. The molecule has 3 aliphatic heterocycles. The molecule has 0 radical (unpaired) electrons. The number of hydrogen-bond acceptors (Lipinski definition) is 7. The van der Waals surface area contributed by atoms with Crippen molar-refractivity contribution in [2.45, 2.75) is 69.4 Å². The van der Waals surface area contributed by atoms with Crippen LogP contribution < -0.4 is 15.5 Å². The molecule has 10 heteroatoms. The number of anilines is 2. The normalized spacial score (nSPS) is 25.3. The van der Waals surface area contributed by atoms with Gasteiger partial charge >= 0.3 is 0 Å². The number of nitrogens with one attached hydrogen (secondary N) is 2. The van der Waals surface area contributed by atoms with E-state index < -0.39 is 11.6 Å². The Kier molecular flexibility index (Phi) is 8.18. The number of aliphatic hydroxyl groups is 1. The van der Waals surface area contributed by atoms with E-state index in [2.05, 4.69) is 15.5 Å². The number of hydrogen-bond donors (Lipinski definition) is 3. The zero-order valence-corrected chi connectivity index (χ0v) is 22.1. The smallest absolute Gasteiger partial charge is 0.249 e. The molecule has 3 heterocycles. The summed E-state index contributed by atoms with van der Waals surface area (Å²) in [6.45, 7) is 4.57. The van der Waals surface area contributed by atoms with E-state index in [1.807, 2.05) is 9.80 Å². The van der Waals surface area contributed by atoms with Gasteiger partial charge in [0.15, 0.2) is 0 Å². The Hall–Kier alpha value is -2.72. The van der Waals surface area contributed by atoms with Crippen molar-refractivity contribution in [2.75, 3.05) is 56.0 Å². The van der Waals surface area contributed by atoms with Crippen LogP contribution in [0.5, 0.6) is 0 Å². The summed E-state index contributed by atoms with van der Waals surface area (Å²) < 4.78 is 15.0. The number of carbonyl (C=O) groups excluding carboxylic acids is 3. The molecule has 38 heavy (non-hydrogen) atoms. The second kappa shape index (κ2) is 11.6. The number of β-amino-alcohol motifs (C(OH)–C–C–N with tert-alkyl or cyclic N) is 1. The van der Waals surface area contributed by atoms with Crippen LogP contribution in [-0.4, -0.2) is 90.1 Å². The van der Waals surface area contributed by atoms with Crippen LogP contribution >= 0.6 is 0 Å². The van der Waals surface area contributed by atoms with Gasteiger partial charge in [-0.15, -0.1) is 0 Å². The molecular formula is C28H40FN5O4. The van der Waals surface area contributed by atoms with Crippen molar-refractivity contribution in [1.29, 1.82) is 0 Å². The average Bonchev–Trinajstić information content (AvgIpc) is 2.91. The van der Waals surface area contributed by atoms with Crippen molar-refractivity contribution in [3.05, 3.63) is 24.0 Å². The lowest BCUT2D eigenvalue weighted by atomic mass is 9.86. The van der Waals surface area contributed by atoms with Crippen LogP contribution in [0.2, 0.25) is 0 Å². The average molecular weight is 530 g/mol. The Balaban J connectivity index is 1.08. The van der Waals surface area contributed by atoms with E-state index in [9.17, 15) is 23.9 Å². The van der Waals surface area contributed by atoms with Crippen LogP contribution in [0.15, 0.2) is 18.2 Å². The molecule has 1 atom stereocenters. The number of benzene rings is 1. The predicted molar refractivity (Wildman–Crippen MR) is 142 cm³/mol. The molecule has 3 N–H and O–H groups in total. The largest absolute Gasteiger partial charge is 0.388 e. The predicted octanol–water partition coefficient (Wildman–Crippen LogP) is 2.10. The Bertz CT molecular complexity index is 1030. The number of amides is 3. The highest BCUT2D eigenvalue weighted by Gasteiger charge is 2.38. The van der Waals surface area contributed by atoms with Gasteiger partial charge in [-0.3, -0.25) is 24.6 Å². The number of nitrogens with zero attached hydrogens (tertiary/aromatic N) is 3. The summed E-state index contributed by atoms with van der Waals surface area (Å²) in [5, 5.41) is 16.6. The number of piperidine rings is 2. The monoisotopic (exact) mass is 529 g/mol.